The Morgan fingerprint density at radius 1 is 1.29 bits per heavy atom. The highest BCUT2D eigenvalue weighted by Crippen LogP contribution is 2.30. The number of nitrogens with zero attached hydrogens (tertiary/aromatic N) is 3. The van der Waals surface area contributed by atoms with Crippen molar-refractivity contribution in [2.75, 3.05) is 0 Å². The zero-order chi connectivity index (χ0) is 22.1. The van der Waals surface area contributed by atoms with Crippen LogP contribution >= 0.6 is 27.3 Å². The van der Waals surface area contributed by atoms with Crippen LogP contribution in [0.4, 0.5) is 5.69 Å². The summed E-state index contributed by atoms with van der Waals surface area (Å²) in [7, 11) is 0. The minimum Gasteiger partial charge on any atom is -0.507 e. The van der Waals surface area contributed by atoms with Crippen LogP contribution in [0.15, 0.2) is 61.5 Å². The van der Waals surface area contributed by atoms with Gasteiger partial charge in [0.25, 0.3) is 5.69 Å². The van der Waals surface area contributed by atoms with Crippen LogP contribution in [0.25, 0.3) is 33.9 Å². The largest absolute Gasteiger partial charge is 0.507 e. The summed E-state index contributed by atoms with van der Waals surface area (Å²) in [5, 5.41) is 32.6. The number of thiazole rings is 1. The number of rotatable bonds is 4. The van der Waals surface area contributed by atoms with E-state index in [9.17, 15) is 25.3 Å². The number of benzene rings is 2. The maximum absolute atomic E-state index is 12.4. The van der Waals surface area contributed by atoms with E-state index >= 15 is 0 Å². The molecule has 4 aromatic rings. The molecule has 0 saturated carbocycles. The molecule has 8 nitrogen and oxygen atoms in total. The van der Waals surface area contributed by atoms with Crippen molar-refractivity contribution in [1.82, 2.24) is 4.98 Å². The van der Waals surface area contributed by atoms with E-state index in [4.69, 9.17) is 4.42 Å². The minimum atomic E-state index is -0.636. The molecule has 4 rings (SSSR count). The zero-order valence-electron chi connectivity index (χ0n) is 15.4. The molecule has 0 spiro atoms. The molecule has 2 aromatic carbocycles. The van der Waals surface area contributed by atoms with Crippen molar-refractivity contribution >= 4 is 55.6 Å². The van der Waals surface area contributed by atoms with Crippen LogP contribution in [0.1, 0.15) is 10.6 Å². The van der Waals surface area contributed by atoms with Crippen molar-refractivity contribution in [2.24, 2.45) is 0 Å². The number of fused-ring (bicyclic) bond motifs is 1. The lowest BCUT2D eigenvalue weighted by molar-refractivity contribution is -0.384. The molecule has 31 heavy (non-hydrogen) atoms. The number of nitro benzene ring substituents is 1. The molecule has 1 N–H and O–H groups in total. The lowest BCUT2D eigenvalue weighted by Gasteiger charge is -2.00. The van der Waals surface area contributed by atoms with Crippen molar-refractivity contribution in [1.29, 1.82) is 5.26 Å². The minimum absolute atomic E-state index is 0.0791. The van der Waals surface area contributed by atoms with Gasteiger partial charge in [0.1, 0.15) is 22.4 Å². The third-order valence-corrected chi connectivity index (χ3v) is 5.85. The smallest absolute Gasteiger partial charge is 0.345 e. The summed E-state index contributed by atoms with van der Waals surface area (Å²) in [5.41, 5.74) is 0.856. The summed E-state index contributed by atoms with van der Waals surface area (Å²) < 4.78 is 5.76. The molecule has 2 heterocycles. The quantitative estimate of drug-likeness (QED) is 0.174. The molecular weight excluding hydrogens is 486 g/mol. The van der Waals surface area contributed by atoms with Crippen LogP contribution in [-0.4, -0.2) is 15.0 Å². The van der Waals surface area contributed by atoms with Gasteiger partial charge in [0, 0.05) is 22.9 Å². The van der Waals surface area contributed by atoms with Crippen LogP contribution in [0.3, 0.4) is 0 Å². The van der Waals surface area contributed by atoms with Gasteiger partial charge < -0.3 is 9.52 Å². The van der Waals surface area contributed by atoms with Gasteiger partial charge in [0.15, 0.2) is 0 Å². The molecule has 0 atom stereocenters. The number of halogens is 1. The molecule has 0 saturated heterocycles. The molecule has 0 bridgehead atoms. The highest BCUT2D eigenvalue weighted by Gasteiger charge is 2.15. The molecule has 0 unspecified atom stereocenters. The van der Waals surface area contributed by atoms with Crippen LogP contribution in [0.5, 0.6) is 5.75 Å². The van der Waals surface area contributed by atoms with E-state index in [0.29, 0.717) is 26.1 Å². The number of aromatic nitrogens is 1. The average Bonchev–Trinajstić information content (AvgIpc) is 3.23. The van der Waals surface area contributed by atoms with Crippen molar-refractivity contribution in [3.8, 4) is 23.1 Å². The Balaban J connectivity index is 1.76. The van der Waals surface area contributed by atoms with E-state index in [1.165, 1.54) is 41.7 Å². The fourth-order valence-electron chi connectivity index (χ4n) is 2.85. The highest BCUT2D eigenvalue weighted by atomic mass is 79.9. The van der Waals surface area contributed by atoms with Gasteiger partial charge in [-0.3, -0.25) is 10.1 Å². The summed E-state index contributed by atoms with van der Waals surface area (Å²) in [6.07, 6.45) is 1.61. The van der Waals surface area contributed by atoms with Gasteiger partial charge in [-0.25, -0.2) is 9.78 Å². The van der Waals surface area contributed by atoms with Crippen LogP contribution in [0.2, 0.25) is 0 Å². The molecule has 0 aliphatic carbocycles. The number of non-ortho nitro benzene ring substituents is 1. The Hall–Kier alpha value is -3.81. The standard InChI is InChI=1S/C21H10BrN3O5S/c22-16-6-11(1-3-18(16)26)5-13(9-23)20-24-17(10-31-20)15-8-12-7-14(25(28)29)2-4-19(12)30-21(15)27/h1-8,10,26H/b13-5-. The Kier molecular flexibility index (Phi) is 5.37. The third kappa shape index (κ3) is 4.09. The second-order valence-electron chi connectivity index (χ2n) is 6.35. The van der Waals surface area contributed by atoms with Crippen molar-refractivity contribution in [3.05, 3.63) is 83.4 Å². The van der Waals surface area contributed by atoms with Gasteiger partial charge in [-0.15, -0.1) is 11.3 Å². The molecular formula is C21H10BrN3O5S. The first-order chi connectivity index (χ1) is 14.9. The summed E-state index contributed by atoms with van der Waals surface area (Å²) in [6, 6.07) is 12.3. The molecule has 152 valence electrons. The Morgan fingerprint density at radius 3 is 2.81 bits per heavy atom. The number of allylic oxidation sites excluding steroid dienone is 1. The predicted octanol–water partition coefficient (Wildman–Crippen LogP) is 5.36. The molecule has 2 aromatic heterocycles. The molecule has 0 fully saturated rings. The fraction of sp³-hybridized carbons (Fsp3) is 0. The van der Waals surface area contributed by atoms with Gasteiger partial charge in [-0.05, 0) is 51.8 Å². The molecule has 0 radical (unpaired) electrons. The normalized spacial score (nSPS) is 11.4. The first kappa shape index (κ1) is 20.5. The van der Waals surface area contributed by atoms with Crippen molar-refractivity contribution in [3.63, 3.8) is 0 Å². The lowest BCUT2D eigenvalue weighted by Crippen LogP contribution is -2.03. The van der Waals surface area contributed by atoms with E-state index in [0.717, 1.165) is 0 Å². The molecule has 0 amide bonds. The maximum Gasteiger partial charge on any atom is 0.345 e. The van der Waals surface area contributed by atoms with Gasteiger partial charge in [-0.2, -0.15) is 5.26 Å². The average molecular weight is 496 g/mol. The molecule has 10 heteroatoms. The number of hydrogen-bond donors (Lipinski definition) is 1. The Bertz CT molecular complexity index is 1480. The van der Waals surface area contributed by atoms with Gasteiger partial charge in [0.05, 0.1) is 26.2 Å². The van der Waals surface area contributed by atoms with Crippen molar-refractivity contribution < 1.29 is 14.4 Å². The van der Waals surface area contributed by atoms with Crippen LogP contribution in [0, 0.1) is 21.4 Å². The van der Waals surface area contributed by atoms with E-state index in [1.54, 1.807) is 23.6 Å². The summed E-state index contributed by atoms with van der Waals surface area (Å²) in [5.74, 6) is 0.0791. The number of phenols is 1. The van der Waals surface area contributed by atoms with Crippen molar-refractivity contribution in [2.45, 2.75) is 0 Å². The van der Waals surface area contributed by atoms with Gasteiger partial charge >= 0.3 is 5.63 Å². The zero-order valence-corrected chi connectivity index (χ0v) is 17.8. The summed E-state index contributed by atoms with van der Waals surface area (Å²) >= 11 is 4.40. The van der Waals surface area contributed by atoms with E-state index in [1.807, 2.05) is 0 Å². The number of phenolic OH excluding ortho intramolecular Hbond substituents is 1. The Labute approximate surface area is 186 Å². The lowest BCUT2D eigenvalue weighted by atomic mass is 10.1. The molecule has 0 aliphatic rings. The van der Waals surface area contributed by atoms with Gasteiger partial charge in [-0.1, -0.05) is 6.07 Å². The third-order valence-electron chi connectivity index (χ3n) is 4.34. The van der Waals surface area contributed by atoms with Gasteiger partial charge in [0.2, 0.25) is 0 Å². The van der Waals surface area contributed by atoms with E-state index in [-0.39, 0.29) is 28.2 Å². The van der Waals surface area contributed by atoms with Crippen LogP contribution in [-0.2, 0) is 0 Å². The highest BCUT2D eigenvalue weighted by molar-refractivity contribution is 9.10. The number of hydrogen-bond acceptors (Lipinski definition) is 8. The number of aromatic hydroxyl groups is 1. The second-order valence-corrected chi connectivity index (χ2v) is 8.06. The predicted molar refractivity (Wildman–Crippen MR) is 120 cm³/mol. The second kappa shape index (κ2) is 8.14. The topological polar surface area (TPSA) is 130 Å². The number of nitriles is 1. The van der Waals surface area contributed by atoms with Crippen LogP contribution < -0.4 is 5.63 Å². The summed E-state index contributed by atoms with van der Waals surface area (Å²) in [4.78, 5) is 27.3. The van der Waals surface area contributed by atoms with E-state index < -0.39 is 10.5 Å². The first-order valence-electron chi connectivity index (χ1n) is 8.64. The maximum atomic E-state index is 12.4. The first-order valence-corrected chi connectivity index (χ1v) is 10.3. The summed E-state index contributed by atoms with van der Waals surface area (Å²) in [6.45, 7) is 0. The monoisotopic (exact) mass is 495 g/mol. The SMILES string of the molecule is N#C/C(=C/c1ccc(O)c(Br)c1)c1nc(-c2cc3cc([N+](=O)[O-])ccc3oc2=O)cs1. The number of nitro groups is 1. The van der Waals surface area contributed by atoms with E-state index in [2.05, 4.69) is 27.0 Å². The Morgan fingerprint density at radius 2 is 2.10 bits per heavy atom. The fourth-order valence-corrected chi connectivity index (χ4v) is 4.03. The molecule has 0 aliphatic heterocycles.